The molecule has 158 valence electrons. The van der Waals surface area contributed by atoms with Crippen LogP contribution in [0.15, 0.2) is 0 Å². The van der Waals surface area contributed by atoms with E-state index in [1.54, 1.807) is 20.8 Å². The topological polar surface area (TPSA) is 46.5 Å². The molecule has 26 heavy (non-hydrogen) atoms. The Bertz CT molecular complexity index is 389. The first-order chi connectivity index (χ1) is 12.0. The van der Waals surface area contributed by atoms with Crippen LogP contribution in [-0.2, 0) is 9.09 Å². The van der Waals surface area contributed by atoms with Crippen LogP contribution in [0.3, 0.4) is 0 Å². The molecule has 1 unspecified atom stereocenters. The minimum absolute atomic E-state index is 0.391. The van der Waals surface area contributed by atoms with Crippen molar-refractivity contribution in [1.29, 1.82) is 0 Å². The van der Waals surface area contributed by atoms with Crippen LogP contribution >= 0.6 is 29.2 Å². The van der Waals surface area contributed by atoms with Gasteiger partial charge < -0.3 is 9.42 Å². The Morgan fingerprint density at radius 3 is 1.69 bits per heavy atom. The second-order valence-electron chi connectivity index (χ2n) is 9.31. The summed E-state index contributed by atoms with van der Waals surface area (Å²) in [6, 6.07) is 0. The summed E-state index contributed by atoms with van der Waals surface area (Å²) in [5, 5.41) is -0.687. The Morgan fingerprint density at radius 2 is 1.23 bits per heavy atom. The lowest BCUT2D eigenvalue weighted by Crippen LogP contribution is -2.16. The molecule has 0 aliphatic rings. The Hall–Kier alpha value is 0.850. The highest BCUT2D eigenvalue weighted by molar-refractivity contribution is 8.76. The van der Waals surface area contributed by atoms with Crippen LogP contribution in [0.5, 0.6) is 0 Å². The molecule has 0 aromatic carbocycles. The average Bonchev–Trinajstić information content (AvgIpc) is 2.48. The Kier molecular flexibility index (Phi) is 14.4. The molecule has 0 aromatic rings. The van der Waals surface area contributed by atoms with Gasteiger partial charge in [-0.25, -0.2) is 0 Å². The third-order valence-electron chi connectivity index (χ3n) is 4.22. The standard InChI is InChI=1S/C20H43O3PS2/c1-19(2,3)15-11-7-9-13-17-25-26-18-14-10-8-12-16-23-24(21,22)20(4,5)6/h7-18H2,1-6H3,(H,21,22). The number of hydrogen-bond acceptors (Lipinski definition) is 4. The molecule has 0 amide bonds. The molecule has 0 aromatic heterocycles. The van der Waals surface area contributed by atoms with Gasteiger partial charge in [0.25, 0.3) is 0 Å². The van der Waals surface area contributed by atoms with Gasteiger partial charge in [-0.05, 0) is 51.9 Å². The van der Waals surface area contributed by atoms with Crippen LogP contribution in [0.4, 0.5) is 0 Å². The maximum atomic E-state index is 11.9. The maximum Gasteiger partial charge on any atom is 0.333 e. The van der Waals surface area contributed by atoms with E-state index in [2.05, 4.69) is 20.8 Å². The zero-order valence-corrected chi connectivity index (χ0v) is 20.5. The van der Waals surface area contributed by atoms with Gasteiger partial charge in [0.05, 0.1) is 11.8 Å². The summed E-state index contributed by atoms with van der Waals surface area (Å²) in [5.41, 5.74) is 0.487. The summed E-state index contributed by atoms with van der Waals surface area (Å²) >= 11 is 0. The monoisotopic (exact) mass is 426 g/mol. The Balaban J connectivity index is 3.29. The van der Waals surface area contributed by atoms with Crippen LogP contribution in [0.2, 0.25) is 0 Å². The normalized spacial score (nSPS) is 15.2. The van der Waals surface area contributed by atoms with Gasteiger partial charge in [-0.1, -0.05) is 74.5 Å². The summed E-state index contributed by atoms with van der Waals surface area (Å²) in [7, 11) is 0.530. The first-order valence-electron chi connectivity index (χ1n) is 10.2. The maximum absolute atomic E-state index is 11.9. The molecule has 0 spiro atoms. The van der Waals surface area contributed by atoms with Crippen molar-refractivity contribution in [3.05, 3.63) is 0 Å². The highest BCUT2D eigenvalue weighted by Gasteiger charge is 2.35. The molecular formula is C20H43O3PS2. The predicted molar refractivity (Wildman–Crippen MR) is 121 cm³/mol. The molecule has 0 aliphatic heterocycles. The molecule has 0 bridgehead atoms. The second kappa shape index (κ2) is 13.9. The quantitative estimate of drug-likeness (QED) is 0.164. The molecule has 0 heterocycles. The van der Waals surface area contributed by atoms with Crippen molar-refractivity contribution in [3.8, 4) is 0 Å². The average molecular weight is 427 g/mol. The van der Waals surface area contributed by atoms with E-state index in [4.69, 9.17) is 4.52 Å². The predicted octanol–water partition coefficient (Wildman–Crippen LogP) is 7.93. The molecular weight excluding hydrogens is 383 g/mol. The van der Waals surface area contributed by atoms with E-state index >= 15 is 0 Å². The molecule has 0 fully saturated rings. The second-order valence-corrected chi connectivity index (χ2v) is 14.7. The zero-order chi connectivity index (χ0) is 20.1. The first-order valence-corrected chi connectivity index (χ1v) is 14.2. The lowest BCUT2D eigenvalue weighted by atomic mass is 9.89. The molecule has 1 atom stereocenters. The van der Waals surface area contributed by atoms with Crippen LogP contribution in [0, 0.1) is 5.41 Å². The summed E-state index contributed by atoms with van der Waals surface area (Å²) in [6.45, 7) is 12.6. The third kappa shape index (κ3) is 15.9. The molecule has 1 N–H and O–H groups in total. The van der Waals surface area contributed by atoms with Crippen molar-refractivity contribution >= 4 is 29.2 Å². The molecule has 0 saturated heterocycles. The first kappa shape index (κ1) is 26.9. The largest absolute Gasteiger partial charge is 0.333 e. The van der Waals surface area contributed by atoms with Gasteiger partial charge in [0.2, 0.25) is 0 Å². The summed E-state index contributed by atoms with van der Waals surface area (Å²) in [6.07, 6.45) is 11.1. The molecule has 6 heteroatoms. The van der Waals surface area contributed by atoms with Gasteiger partial charge in [0.15, 0.2) is 0 Å². The molecule has 0 saturated carbocycles. The smallest absolute Gasteiger partial charge is 0.324 e. The van der Waals surface area contributed by atoms with E-state index < -0.39 is 12.8 Å². The SMILES string of the molecule is CC(C)(C)CCCCCCSSCCCCCCOP(=O)(O)C(C)(C)C. The minimum atomic E-state index is -3.48. The van der Waals surface area contributed by atoms with Crippen molar-refractivity contribution in [2.45, 2.75) is 104 Å². The summed E-state index contributed by atoms with van der Waals surface area (Å²) in [5.74, 6) is 2.47. The van der Waals surface area contributed by atoms with Gasteiger partial charge in [-0.2, -0.15) is 0 Å². The Morgan fingerprint density at radius 1 is 0.769 bits per heavy atom. The van der Waals surface area contributed by atoms with E-state index in [-0.39, 0.29) is 0 Å². The Labute approximate surface area is 171 Å². The van der Waals surface area contributed by atoms with E-state index in [9.17, 15) is 9.46 Å². The van der Waals surface area contributed by atoms with Gasteiger partial charge in [0, 0.05) is 11.5 Å². The fraction of sp³-hybridized carbons (Fsp3) is 1.00. The van der Waals surface area contributed by atoms with Crippen molar-refractivity contribution in [2.75, 3.05) is 18.1 Å². The number of hydrogen-bond donors (Lipinski definition) is 1. The number of unbranched alkanes of at least 4 members (excludes halogenated alkanes) is 6. The lowest BCUT2D eigenvalue weighted by Gasteiger charge is -2.24. The van der Waals surface area contributed by atoms with Crippen molar-refractivity contribution in [1.82, 2.24) is 0 Å². The van der Waals surface area contributed by atoms with Crippen molar-refractivity contribution in [3.63, 3.8) is 0 Å². The molecule has 0 rings (SSSR count). The fourth-order valence-corrected chi connectivity index (χ4v) is 5.34. The fourth-order valence-electron chi connectivity index (χ4n) is 2.29. The molecule has 0 radical (unpaired) electrons. The van der Waals surface area contributed by atoms with E-state index in [0.29, 0.717) is 12.0 Å². The van der Waals surface area contributed by atoms with E-state index in [1.807, 2.05) is 21.6 Å². The van der Waals surface area contributed by atoms with E-state index in [1.165, 1.54) is 56.5 Å². The highest BCUT2D eigenvalue weighted by Crippen LogP contribution is 2.54. The van der Waals surface area contributed by atoms with Gasteiger partial charge in [-0.3, -0.25) is 4.57 Å². The lowest BCUT2D eigenvalue weighted by molar-refractivity contribution is 0.236. The summed E-state index contributed by atoms with van der Waals surface area (Å²) < 4.78 is 17.1. The van der Waals surface area contributed by atoms with Crippen LogP contribution in [0.25, 0.3) is 0 Å². The highest BCUT2D eigenvalue weighted by atomic mass is 33.1. The third-order valence-corrected chi connectivity index (χ3v) is 9.03. The summed E-state index contributed by atoms with van der Waals surface area (Å²) in [4.78, 5) is 9.80. The van der Waals surface area contributed by atoms with Crippen LogP contribution in [-0.4, -0.2) is 28.2 Å². The van der Waals surface area contributed by atoms with Gasteiger partial charge in [0.1, 0.15) is 0 Å². The van der Waals surface area contributed by atoms with Crippen LogP contribution < -0.4 is 0 Å². The van der Waals surface area contributed by atoms with Crippen LogP contribution in [0.1, 0.15) is 99.3 Å². The van der Waals surface area contributed by atoms with E-state index in [0.717, 1.165) is 12.8 Å². The van der Waals surface area contributed by atoms with Crippen molar-refractivity contribution in [2.24, 2.45) is 5.41 Å². The molecule has 0 aliphatic carbocycles. The molecule has 3 nitrogen and oxygen atoms in total. The van der Waals surface area contributed by atoms with Gasteiger partial charge in [-0.15, -0.1) is 0 Å². The van der Waals surface area contributed by atoms with Crippen molar-refractivity contribution < 1.29 is 14.0 Å². The zero-order valence-electron chi connectivity index (χ0n) is 18.0. The minimum Gasteiger partial charge on any atom is -0.324 e. The van der Waals surface area contributed by atoms with Gasteiger partial charge >= 0.3 is 7.60 Å². The number of rotatable bonds is 15.